The first-order chi connectivity index (χ1) is 12.8. The molecule has 3 heteroatoms. The number of rotatable bonds is 5. The topological polar surface area (TPSA) is 41.1 Å². The Morgan fingerprint density at radius 1 is 0.769 bits per heavy atom. The molecule has 3 aromatic rings. The number of amides is 1. The Hall–Kier alpha value is -3.51. The molecule has 0 aromatic heterocycles. The van der Waals surface area contributed by atoms with Crippen molar-refractivity contribution in [3.63, 3.8) is 0 Å². The van der Waals surface area contributed by atoms with Crippen LogP contribution in [0.3, 0.4) is 0 Å². The van der Waals surface area contributed by atoms with Gasteiger partial charge in [-0.05, 0) is 35.9 Å². The van der Waals surface area contributed by atoms with Crippen LogP contribution in [0.25, 0.3) is 0 Å². The van der Waals surface area contributed by atoms with Gasteiger partial charge in [0, 0.05) is 23.4 Å². The summed E-state index contributed by atoms with van der Waals surface area (Å²) in [6, 6.07) is 27.5. The van der Waals surface area contributed by atoms with E-state index in [1.165, 1.54) is 0 Å². The summed E-state index contributed by atoms with van der Waals surface area (Å²) >= 11 is 0. The summed E-state index contributed by atoms with van der Waals surface area (Å²) in [5, 5.41) is 6.04. The summed E-state index contributed by atoms with van der Waals surface area (Å²) in [6.07, 6.45) is 0. The van der Waals surface area contributed by atoms with Crippen molar-refractivity contribution >= 4 is 11.6 Å². The van der Waals surface area contributed by atoms with Gasteiger partial charge >= 0.3 is 0 Å². The minimum atomic E-state index is -0.0466. The number of carbonyl (C=O) groups is 1. The molecule has 0 bridgehead atoms. The van der Waals surface area contributed by atoms with Crippen molar-refractivity contribution in [1.29, 1.82) is 0 Å². The van der Waals surface area contributed by atoms with Crippen LogP contribution in [0.4, 0.5) is 5.69 Å². The predicted molar refractivity (Wildman–Crippen MR) is 106 cm³/mol. The molecule has 0 heterocycles. The molecule has 3 nitrogen and oxygen atoms in total. The smallest absolute Gasteiger partial charge is 0.239 e. The number of anilines is 1. The lowest BCUT2D eigenvalue weighted by Gasteiger charge is -2.08. The van der Waals surface area contributed by atoms with Crippen LogP contribution in [0.5, 0.6) is 0 Å². The van der Waals surface area contributed by atoms with Crippen LogP contribution in [0, 0.1) is 11.8 Å². The van der Waals surface area contributed by atoms with Gasteiger partial charge in [0.25, 0.3) is 0 Å². The Kier molecular flexibility index (Phi) is 6.06. The summed E-state index contributed by atoms with van der Waals surface area (Å²) < 4.78 is 0. The van der Waals surface area contributed by atoms with E-state index < -0.39 is 0 Å². The van der Waals surface area contributed by atoms with Crippen molar-refractivity contribution in [2.75, 3.05) is 11.9 Å². The molecule has 0 fully saturated rings. The average molecular weight is 340 g/mol. The SMILES string of the molecule is O=C(CNc1cccc(C#Cc2ccccc2)c1)NCc1ccccc1. The molecule has 0 aliphatic carbocycles. The average Bonchev–Trinajstić information content (AvgIpc) is 2.71. The number of hydrogen-bond acceptors (Lipinski definition) is 2. The fraction of sp³-hybridized carbons (Fsp3) is 0.0870. The predicted octanol–water partition coefficient (Wildman–Crippen LogP) is 3.81. The molecule has 0 unspecified atom stereocenters. The third-order valence-electron chi connectivity index (χ3n) is 3.77. The normalized spacial score (nSPS) is 9.69. The molecule has 0 atom stereocenters. The summed E-state index contributed by atoms with van der Waals surface area (Å²) in [6.45, 7) is 0.756. The zero-order valence-electron chi connectivity index (χ0n) is 14.4. The third kappa shape index (κ3) is 5.54. The molecule has 0 saturated carbocycles. The van der Waals surface area contributed by atoms with Crippen molar-refractivity contribution in [2.45, 2.75) is 6.54 Å². The van der Waals surface area contributed by atoms with Crippen molar-refractivity contribution in [3.8, 4) is 11.8 Å². The summed E-state index contributed by atoms with van der Waals surface area (Å²) in [5.41, 5.74) is 3.84. The zero-order valence-corrected chi connectivity index (χ0v) is 14.4. The maximum atomic E-state index is 12.0. The zero-order chi connectivity index (χ0) is 18.0. The van der Waals surface area contributed by atoms with Gasteiger partial charge < -0.3 is 10.6 Å². The highest BCUT2D eigenvalue weighted by molar-refractivity contribution is 5.80. The second-order valence-corrected chi connectivity index (χ2v) is 5.81. The van der Waals surface area contributed by atoms with E-state index in [9.17, 15) is 4.79 Å². The summed E-state index contributed by atoms with van der Waals surface area (Å²) in [7, 11) is 0. The van der Waals surface area contributed by atoms with Gasteiger partial charge in [-0.15, -0.1) is 0 Å². The molecule has 3 aromatic carbocycles. The Morgan fingerprint density at radius 2 is 1.42 bits per heavy atom. The van der Waals surface area contributed by atoms with Crippen LogP contribution >= 0.6 is 0 Å². The number of hydrogen-bond donors (Lipinski definition) is 2. The molecule has 1 amide bonds. The lowest BCUT2D eigenvalue weighted by molar-refractivity contribution is -0.119. The number of nitrogens with one attached hydrogen (secondary N) is 2. The molecule has 0 aliphatic rings. The van der Waals surface area contributed by atoms with E-state index in [4.69, 9.17) is 0 Å². The maximum absolute atomic E-state index is 12.0. The van der Waals surface area contributed by atoms with Crippen LogP contribution < -0.4 is 10.6 Å². The first kappa shape index (κ1) is 17.3. The van der Waals surface area contributed by atoms with Crippen LogP contribution in [0.15, 0.2) is 84.9 Å². The molecule has 0 spiro atoms. The second kappa shape index (κ2) is 9.10. The van der Waals surface area contributed by atoms with Gasteiger partial charge in [-0.2, -0.15) is 0 Å². The number of benzene rings is 3. The van der Waals surface area contributed by atoms with E-state index in [1.54, 1.807) is 0 Å². The van der Waals surface area contributed by atoms with Gasteiger partial charge in [-0.3, -0.25) is 4.79 Å². The van der Waals surface area contributed by atoms with Crippen LogP contribution in [-0.2, 0) is 11.3 Å². The molecule has 0 radical (unpaired) electrons. The second-order valence-electron chi connectivity index (χ2n) is 5.81. The van der Waals surface area contributed by atoms with E-state index in [1.807, 2.05) is 84.9 Å². The molecule has 128 valence electrons. The van der Waals surface area contributed by atoms with Crippen molar-refractivity contribution in [3.05, 3.63) is 102 Å². The van der Waals surface area contributed by atoms with Gasteiger partial charge in [0.2, 0.25) is 5.91 Å². The van der Waals surface area contributed by atoms with Crippen LogP contribution in [0.1, 0.15) is 16.7 Å². The number of carbonyl (C=O) groups excluding carboxylic acids is 1. The highest BCUT2D eigenvalue weighted by atomic mass is 16.1. The van der Waals surface area contributed by atoms with E-state index in [2.05, 4.69) is 22.5 Å². The largest absolute Gasteiger partial charge is 0.376 e. The Balaban J connectivity index is 1.52. The van der Waals surface area contributed by atoms with Gasteiger partial charge in [0.1, 0.15) is 0 Å². The minimum Gasteiger partial charge on any atom is -0.376 e. The van der Waals surface area contributed by atoms with E-state index >= 15 is 0 Å². The van der Waals surface area contributed by atoms with E-state index in [0.29, 0.717) is 6.54 Å². The Labute approximate surface area is 154 Å². The fourth-order valence-electron chi connectivity index (χ4n) is 2.41. The molecule has 0 aliphatic heterocycles. The maximum Gasteiger partial charge on any atom is 0.239 e. The van der Waals surface area contributed by atoms with Gasteiger partial charge in [0.15, 0.2) is 0 Å². The first-order valence-corrected chi connectivity index (χ1v) is 8.51. The van der Waals surface area contributed by atoms with Crippen LogP contribution in [-0.4, -0.2) is 12.5 Å². The highest BCUT2D eigenvalue weighted by Gasteiger charge is 2.01. The van der Waals surface area contributed by atoms with Crippen molar-refractivity contribution < 1.29 is 4.79 Å². The third-order valence-corrected chi connectivity index (χ3v) is 3.77. The molecular formula is C23H20N2O. The van der Waals surface area contributed by atoms with Crippen molar-refractivity contribution in [2.24, 2.45) is 0 Å². The molecule has 3 rings (SSSR count). The first-order valence-electron chi connectivity index (χ1n) is 8.51. The molecule has 2 N–H and O–H groups in total. The van der Waals surface area contributed by atoms with Crippen molar-refractivity contribution in [1.82, 2.24) is 5.32 Å². The Bertz CT molecular complexity index is 909. The fourth-order valence-corrected chi connectivity index (χ4v) is 2.41. The van der Waals surface area contributed by atoms with Gasteiger partial charge in [-0.1, -0.05) is 66.4 Å². The van der Waals surface area contributed by atoms with Crippen LogP contribution in [0.2, 0.25) is 0 Å². The van der Waals surface area contributed by atoms with E-state index in [0.717, 1.165) is 22.4 Å². The summed E-state index contributed by atoms with van der Waals surface area (Å²) in [5.74, 6) is 6.23. The molecule has 26 heavy (non-hydrogen) atoms. The molecular weight excluding hydrogens is 320 g/mol. The monoisotopic (exact) mass is 340 g/mol. The van der Waals surface area contributed by atoms with Gasteiger partial charge in [0.05, 0.1) is 6.54 Å². The van der Waals surface area contributed by atoms with E-state index in [-0.39, 0.29) is 12.5 Å². The van der Waals surface area contributed by atoms with Gasteiger partial charge in [-0.25, -0.2) is 0 Å². The highest BCUT2D eigenvalue weighted by Crippen LogP contribution is 2.09. The Morgan fingerprint density at radius 3 is 2.19 bits per heavy atom. The standard InChI is InChI=1S/C23H20N2O/c26-23(25-17-21-10-5-2-6-11-21)18-24-22-13-7-12-20(16-22)15-14-19-8-3-1-4-9-19/h1-13,16,24H,17-18H2,(H,25,26). The summed E-state index contributed by atoms with van der Waals surface area (Å²) in [4.78, 5) is 12.0. The molecule has 0 saturated heterocycles. The quantitative estimate of drug-likeness (QED) is 0.694. The lowest BCUT2D eigenvalue weighted by atomic mass is 10.1. The lowest BCUT2D eigenvalue weighted by Crippen LogP contribution is -2.29. The minimum absolute atomic E-state index is 0.0466.